The Kier molecular flexibility index (Phi) is 3.28. The molecule has 0 spiro atoms. The van der Waals surface area contributed by atoms with Gasteiger partial charge in [0, 0.05) is 10.2 Å². The van der Waals surface area contributed by atoms with Gasteiger partial charge in [-0.15, -0.1) is 0 Å². The van der Waals surface area contributed by atoms with Crippen molar-refractivity contribution in [3.63, 3.8) is 0 Å². The molecule has 0 bridgehead atoms. The Bertz CT molecular complexity index is 422. The van der Waals surface area contributed by atoms with Gasteiger partial charge < -0.3 is 4.98 Å². The van der Waals surface area contributed by atoms with Crippen LogP contribution < -0.4 is 5.56 Å². The maximum atomic E-state index is 12.3. The molecular weight excluding hydrogens is 275 g/mol. The fourth-order valence-corrected chi connectivity index (χ4v) is 1.94. The fourth-order valence-electron chi connectivity index (χ4n) is 1.15. The number of aromatic amines is 1. The number of rotatable bonds is 1. The van der Waals surface area contributed by atoms with E-state index in [4.69, 9.17) is 0 Å². The van der Waals surface area contributed by atoms with Crippen molar-refractivity contribution >= 4 is 15.9 Å². The lowest BCUT2D eigenvalue weighted by molar-refractivity contribution is -0.138. The molecule has 0 radical (unpaired) electrons. The molecule has 1 rings (SSSR count). The highest BCUT2D eigenvalue weighted by molar-refractivity contribution is 9.10. The largest absolute Gasteiger partial charge is 0.421 e. The summed E-state index contributed by atoms with van der Waals surface area (Å²) in [6.45, 7) is 3.56. The van der Waals surface area contributed by atoms with Crippen molar-refractivity contribution < 1.29 is 13.2 Å². The van der Waals surface area contributed by atoms with Crippen molar-refractivity contribution in [2.75, 3.05) is 0 Å². The zero-order chi connectivity index (χ0) is 11.8. The predicted molar refractivity (Wildman–Crippen MR) is 53.9 cm³/mol. The van der Waals surface area contributed by atoms with Crippen LogP contribution in [-0.2, 0) is 6.18 Å². The van der Waals surface area contributed by atoms with Gasteiger partial charge >= 0.3 is 6.18 Å². The van der Waals surface area contributed by atoms with Crippen LogP contribution in [0.1, 0.15) is 31.0 Å². The van der Waals surface area contributed by atoms with Crippen LogP contribution >= 0.6 is 15.9 Å². The number of aromatic nitrogens is 1. The molecule has 6 heteroatoms. The van der Waals surface area contributed by atoms with E-state index < -0.39 is 17.3 Å². The summed E-state index contributed by atoms with van der Waals surface area (Å²) in [5, 5.41) is 0. The minimum atomic E-state index is -4.62. The molecule has 0 aromatic carbocycles. The molecule has 15 heavy (non-hydrogen) atoms. The van der Waals surface area contributed by atoms with Gasteiger partial charge in [0.1, 0.15) is 5.56 Å². The number of nitrogens with one attached hydrogen (secondary N) is 1. The lowest BCUT2D eigenvalue weighted by Crippen LogP contribution is -2.23. The number of halogens is 4. The molecule has 0 aliphatic rings. The minimum Gasteiger partial charge on any atom is -0.324 e. The summed E-state index contributed by atoms with van der Waals surface area (Å²) < 4.78 is 37.2. The molecule has 2 nitrogen and oxygen atoms in total. The van der Waals surface area contributed by atoms with Crippen LogP contribution in [0.5, 0.6) is 0 Å². The lowest BCUT2D eigenvalue weighted by atomic mass is 10.1. The average Bonchev–Trinajstić information content (AvgIpc) is 2.06. The Morgan fingerprint density at radius 2 is 1.93 bits per heavy atom. The van der Waals surface area contributed by atoms with Crippen molar-refractivity contribution in [2.24, 2.45) is 0 Å². The molecule has 0 aliphatic heterocycles. The number of pyridine rings is 1. The van der Waals surface area contributed by atoms with Crippen LogP contribution in [-0.4, -0.2) is 4.98 Å². The average molecular weight is 284 g/mol. The topological polar surface area (TPSA) is 32.9 Å². The summed E-state index contributed by atoms with van der Waals surface area (Å²) in [6.07, 6.45) is -4.62. The molecule has 1 aromatic heterocycles. The maximum Gasteiger partial charge on any atom is 0.421 e. The zero-order valence-corrected chi connectivity index (χ0v) is 9.66. The quantitative estimate of drug-likeness (QED) is 0.843. The highest BCUT2D eigenvalue weighted by Crippen LogP contribution is 2.30. The molecule has 0 fully saturated rings. The smallest absolute Gasteiger partial charge is 0.324 e. The van der Waals surface area contributed by atoms with Gasteiger partial charge in [-0.05, 0) is 27.9 Å². The van der Waals surface area contributed by atoms with Crippen LogP contribution in [0.25, 0.3) is 0 Å². The zero-order valence-electron chi connectivity index (χ0n) is 8.07. The SMILES string of the molecule is CC(C)c1[nH]c(=O)c(C(F)(F)F)cc1Br. The molecule has 1 N–H and O–H groups in total. The van der Waals surface area contributed by atoms with Gasteiger partial charge in [-0.1, -0.05) is 13.8 Å². The standard InChI is InChI=1S/C9H9BrF3NO/c1-4(2)7-6(10)3-5(8(15)14-7)9(11,12)13/h3-4H,1-2H3,(H,14,15). The van der Waals surface area contributed by atoms with Crippen LogP contribution in [0, 0.1) is 0 Å². The second kappa shape index (κ2) is 4.00. The van der Waals surface area contributed by atoms with E-state index in [1.54, 1.807) is 13.8 Å². The Labute approximate surface area is 92.6 Å². The molecule has 1 aromatic rings. The monoisotopic (exact) mass is 283 g/mol. The molecule has 0 saturated carbocycles. The van der Waals surface area contributed by atoms with Crippen molar-refractivity contribution in [1.29, 1.82) is 0 Å². The molecule has 0 unspecified atom stereocenters. The molecule has 0 saturated heterocycles. The minimum absolute atomic E-state index is 0.0469. The van der Waals surface area contributed by atoms with Crippen LogP contribution in [0.3, 0.4) is 0 Å². The molecular formula is C9H9BrF3NO. The van der Waals surface area contributed by atoms with E-state index in [-0.39, 0.29) is 10.4 Å². The van der Waals surface area contributed by atoms with E-state index in [1.165, 1.54) is 0 Å². The number of hydrogen-bond acceptors (Lipinski definition) is 1. The lowest BCUT2D eigenvalue weighted by Gasteiger charge is -2.11. The van der Waals surface area contributed by atoms with Crippen molar-refractivity contribution in [3.8, 4) is 0 Å². The summed E-state index contributed by atoms with van der Waals surface area (Å²) in [5.41, 5.74) is -1.82. The number of hydrogen-bond donors (Lipinski definition) is 1. The third-order valence-corrected chi connectivity index (χ3v) is 2.56. The Morgan fingerprint density at radius 3 is 2.33 bits per heavy atom. The maximum absolute atomic E-state index is 12.3. The number of H-pyrrole nitrogens is 1. The van der Waals surface area contributed by atoms with E-state index in [0.717, 1.165) is 6.07 Å². The Balaban J connectivity index is 3.39. The van der Waals surface area contributed by atoms with Gasteiger partial charge in [0.25, 0.3) is 5.56 Å². The Hall–Kier alpha value is -0.780. The van der Waals surface area contributed by atoms with E-state index >= 15 is 0 Å². The first-order valence-corrected chi connectivity index (χ1v) is 5.02. The van der Waals surface area contributed by atoms with E-state index in [1.807, 2.05) is 0 Å². The predicted octanol–water partition coefficient (Wildman–Crippen LogP) is 3.28. The van der Waals surface area contributed by atoms with E-state index in [9.17, 15) is 18.0 Å². The first kappa shape index (κ1) is 12.3. The Morgan fingerprint density at radius 1 is 1.40 bits per heavy atom. The van der Waals surface area contributed by atoms with Gasteiger partial charge in [-0.2, -0.15) is 13.2 Å². The fraction of sp³-hybridized carbons (Fsp3) is 0.444. The van der Waals surface area contributed by atoms with Crippen LogP contribution in [0.2, 0.25) is 0 Å². The van der Waals surface area contributed by atoms with Gasteiger partial charge in [-0.25, -0.2) is 0 Å². The van der Waals surface area contributed by atoms with Crippen molar-refractivity contribution in [3.05, 3.63) is 32.2 Å². The van der Waals surface area contributed by atoms with Crippen molar-refractivity contribution in [1.82, 2.24) is 4.98 Å². The molecule has 0 atom stereocenters. The highest BCUT2D eigenvalue weighted by atomic mass is 79.9. The van der Waals surface area contributed by atoms with Crippen LogP contribution in [0.15, 0.2) is 15.3 Å². The second-order valence-electron chi connectivity index (χ2n) is 3.43. The molecule has 84 valence electrons. The van der Waals surface area contributed by atoms with Gasteiger partial charge in [0.05, 0.1) is 0 Å². The first-order valence-electron chi connectivity index (χ1n) is 4.23. The first-order chi connectivity index (χ1) is 6.73. The molecule has 0 amide bonds. The summed E-state index contributed by atoms with van der Waals surface area (Å²) in [6, 6.07) is 0.814. The third kappa shape index (κ3) is 2.62. The second-order valence-corrected chi connectivity index (χ2v) is 4.28. The summed E-state index contributed by atoms with van der Waals surface area (Å²) in [5.74, 6) is -0.0469. The van der Waals surface area contributed by atoms with Crippen molar-refractivity contribution in [2.45, 2.75) is 25.9 Å². The summed E-state index contributed by atoms with van der Waals surface area (Å²) >= 11 is 3.00. The van der Waals surface area contributed by atoms with Gasteiger partial charge in [0.15, 0.2) is 0 Å². The van der Waals surface area contributed by atoms with E-state index in [2.05, 4.69) is 20.9 Å². The summed E-state index contributed by atoms with van der Waals surface area (Å²) in [4.78, 5) is 13.4. The van der Waals surface area contributed by atoms with Gasteiger partial charge in [0.2, 0.25) is 0 Å². The normalized spacial score (nSPS) is 12.2. The van der Waals surface area contributed by atoms with E-state index in [0.29, 0.717) is 5.69 Å². The van der Waals surface area contributed by atoms with Crippen LogP contribution in [0.4, 0.5) is 13.2 Å². The molecule has 1 heterocycles. The van der Waals surface area contributed by atoms with Gasteiger partial charge in [-0.3, -0.25) is 4.79 Å². The third-order valence-electron chi connectivity index (χ3n) is 1.90. The summed E-state index contributed by atoms with van der Waals surface area (Å²) in [7, 11) is 0. The molecule has 0 aliphatic carbocycles. The highest BCUT2D eigenvalue weighted by Gasteiger charge is 2.34. The number of alkyl halides is 3.